The molecule has 2 rings (SSSR count). The molecular weight excluding hydrogens is 476 g/mol. The van der Waals surface area contributed by atoms with Crippen LogP contribution in [0.4, 0.5) is 5.69 Å². The zero-order valence-electron chi connectivity index (χ0n) is 15.4. The van der Waals surface area contributed by atoms with Gasteiger partial charge in [-0.15, -0.1) is 0 Å². The van der Waals surface area contributed by atoms with E-state index in [1.165, 1.54) is 0 Å². The van der Waals surface area contributed by atoms with Crippen LogP contribution in [0, 0.1) is 6.92 Å². The van der Waals surface area contributed by atoms with Gasteiger partial charge in [0.05, 0.1) is 4.47 Å². The fourth-order valence-corrected chi connectivity index (χ4v) is 3.87. The minimum Gasteiger partial charge on any atom is -0.482 e. The Balaban J connectivity index is 1.92. The summed E-state index contributed by atoms with van der Waals surface area (Å²) >= 11 is 6.84. The van der Waals surface area contributed by atoms with Gasteiger partial charge in [-0.3, -0.25) is 9.59 Å². The lowest BCUT2D eigenvalue weighted by Gasteiger charge is -2.13. The Bertz CT molecular complexity index is 799. The van der Waals surface area contributed by atoms with E-state index in [0.717, 1.165) is 20.9 Å². The lowest BCUT2D eigenvalue weighted by Crippen LogP contribution is -2.31. The minimum absolute atomic E-state index is 0.114. The Kier molecular flexibility index (Phi) is 7.86. The molecule has 0 aliphatic heterocycles. The Morgan fingerprint density at radius 3 is 2.41 bits per heavy atom. The third-order valence-corrected chi connectivity index (χ3v) is 5.01. The topological polar surface area (TPSA) is 67.4 Å². The van der Waals surface area contributed by atoms with Crippen LogP contribution < -0.4 is 15.4 Å². The molecule has 1 unspecified atom stereocenters. The molecule has 0 fully saturated rings. The summed E-state index contributed by atoms with van der Waals surface area (Å²) in [5.74, 6) is 0.229. The molecule has 0 spiro atoms. The van der Waals surface area contributed by atoms with Crippen molar-refractivity contribution in [3.05, 3.63) is 56.5 Å². The molecule has 0 aliphatic carbocycles. The summed E-state index contributed by atoms with van der Waals surface area (Å²) in [5, 5.41) is 5.67. The molecule has 0 radical (unpaired) electrons. The SMILES string of the molecule is CCC(C)NC(=O)c1ccc(NC(=O)COc2c(C)cc(Br)cc2Br)cc1. The lowest BCUT2D eigenvalue weighted by molar-refractivity contribution is -0.118. The fourth-order valence-electron chi connectivity index (χ4n) is 2.32. The molecule has 1 atom stereocenters. The quantitative estimate of drug-likeness (QED) is 0.561. The number of nitrogens with one attached hydrogen (secondary N) is 2. The highest BCUT2D eigenvalue weighted by Crippen LogP contribution is 2.32. The van der Waals surface area contributed by atoms with Crippen molar-refractivity contribution in [2.45, 2.75) is 33.2 Å². The summed E-state index contributed by atoms with van der Waals surface area (Å²) in [6.07, 6.45) is 0.869. The number of hydrogen-bond donors (Lipinski definition) is 2. The lowest BCUT2D eigenvalue weighted by atomic mass is 10.1. The van der Waals surface area contributed by atoms with Crippen LogP contribution in [0.2, 0.25) is 0 Å². The minimum atomic E-state index is -0.277. The molecule has 2 aromatic rings. The van der Waals surface area contributed by atoms with Gasteiger partial charge in [-0.1, -0.05) is 22.9 Å². The number of carbonyl (C=O) groups is 2. The molecular formula is C20H22Br2N2O3. The fraction of sp³-hybridized carbons (Fsp3) is 0.300. The van der Waals surface area contributed by atoms with Crippen LogP contribution in [-0.2, 0) is 4.79 Å². The van der Waals surface area contributed by atoms with Crippen LogP contribution in [0.3, 0.4) is 0 Å². The van der Waals surface area contributed by atoms with Crippen LogP contribution in [0.25, 0.3) is 0 Å². The van der Waals surface area contributed by atoms with Gasteiger partial charge in [-0.25, -0.2) is 0 Å². The Hall–Kier alpha value is -1.86. The van der Waals surface area contributed by atoms with Crippen molar-refractivity contribution in [3.63, 3.8) is 0 Å². The van der Waals surface area contributed by atoms with E-state index >= 15 is 0 Å². The van der Waals surface area contributed by atoms with Gasteiger partial charge in [-0.05, 0) is 78.2 Å². The van der Waals surface area contributed by atoms with Crippen molar-refractivity contribution in [2.24, 2.45) is 0 Å². The van der Waals surface area contributed by atoms with Gasteiger partial charge in [0.1, 0.15) is 5.75 Å². The van der Waals surface area contributed by atoms with Gasteiger partial charge in [0.2, 0.25) is 0 Å². The molecule has 0 saturated heterocycles. The van der Waals surface area contributed by atoms with Crippen LogP contribution in [0.15, 0.2) is 45.3 Å². The first-order valence-electron chi connectivity index (χ1n) is 8.59. The molecule has 27 heavy (non-hydrogen) atoms. The van der Waals surface area contributed by atoms with E-state index in [4.69, 9.17) is 4.74 Å². The van der Waals surface area contributed by atoms with Crippen LogP contribution >= 0.6 is 31.9 Å². The van der Waals surface area contributed by atoms with Crippen molar-refractivity contribution in [2.75, 3.05) is 11.9 Å². The summed E-state index contributed by atoms with van der Waals surface area (Å²) in [5.41, 5.74) is 2.08. The summed E-state index contributed by atoms with van der Waals surface area (Å²) in [7, 11) is 0. The van der Waals surface area contributed by atoms with Gasteiger partial charge in [0.15, 0.2) is 6.61 Å². The molecule has 5 nitrogen and oxygen atoms in total. The second-order valence-corrected chi connectivity index (χ2v) is 8.00. The molecule has 0 aliphatic rings. The second-order valence-electron chi connectivity index (χ2n) is 6.23. The number of benzene rings is 2. The number of carbonyl (C=O) groups excluding carboxylic acids is 2. The van der Waals surface area contributed by atoms with E-state index in [9.17, 15) is 9.59 Å². The molecule has 144 valence electrons. The van der Waals surface area contributed by atoms with E-state index < -0.39 is 0 Å². The van der Waals surface area contributed by atoms with Gasteiger partial charge in [-0.2, -0.15) is 0 Å². The average Bonchev–Trinajstić information content (AvgIpc) is 2.61. The van der Waals surface area contributed by atoms with E-state index in [1.807, 2.05) is 32.9 Å². The first-order chi connectivity index (χ1) is 12.8. The maximum Gasteiger partial charge on any atom is 0.262 e. The number of ether oxygens (including phenoxy) is 1. The molecule has 0 aromatic heterocycles. The van der Waals surface area contributed by atoms with Crippen LogP contribution in [0.5, 0.6) is 5.75 Å². The van der Waals surface area contributed by atoms with Crippen molar-refractivity contribution in [1.29, 1.82) is 0 Å². The molecule has 2 N–H and O–H groups in total. The molecule has 0 saturated carbocycles. The molecule has 7 heteroatoms. The number of halogens is 2. The van der Waals surface area contributed by atoms with E-state index in [2.05, 4.69) is 42.5 Å². The van der Waals surface area contributed by atoms with E-state index in [1.54, 1.807) is 24.3 Å². The highest BCUT2D eigenvalue weighted by molar-refractivity contribution is 9.11. The Labute approximate surface area is 176 Å². The number of anilines is 1. The Morgan fingerprint density at radius 2 is 1.81 bits per heavy atom. The monoisotopic (exact) mass is 496 g/mol. The number of aryl methyl sites for hydroxylation is 1. The summed E-state index contributed by atoms with van der Waals surface area (Å²) in [6, 6.07) is 10.7. The molecule has 0 bridgehead atoms. The smallest absolute Gasteiger partial charge is 0.262 e. The number of rotatable bonds is 7. The van der Waals surface area contributed by atoms with Gasteiger partial charge in [0.25, 0.3) is 11.8 Å². The van der Waals surface area contributed by atoms with E-state index in [0.29, 0.717) is 17.0 Å². The number of amides is 2. The van der Waals surface area contributed by atoms with Crippen LogP contribution in [-0.4, -0.2) is 24.5 Å². The normalized spacial score (nSPS) is 11.6. The highest BCUT2D eigenvalue weighted by atomic mass is 79.9. The Morgan fingerprint density at radius 1 is 1.15 bits per heavy atom. The summed E-state index contributed by atoms with van der Waals surface area (Å²) in [4.78, 5) is 24.2. The molecule has 2 amide bonds. The first-order valence-corrected chi connectivity index (χ1v) is 10.2. The second kappa shape index (κ2) is 9.90. The summed E-state index contributed by atoms with van der Waals surface area (Å²) < 4.78 is 7.34. The van der Waals surface area contributed by atoms with Crippen molar-refractivity contribution in [1.82, 2.24) is 5.32 Å². The van der Waals surface area contributed by atoms with Gasteiger partial charge >= 0.3 is 0 Å². The third kappa shape index (κ3) is 6.36. The van der Waals surface area contributed by atoms with Crippen molar-refractivity contribution >= 4 is 49.4 Å². The first kappa shape index (κ1) is 21.4. The highest BCUT2D eigenvalue weighted by Gasteiger charge is 2.11. The predicted molar refractivity (Wildman–Crippen MR) is 114 cm³/mol. The van der Waals surface area contributed by atoms with Gasteiger partial charge in [0, 0.05) is 21.8 Å². The number of hydrogen-bond acceptors (Lipinski definition) is 3. The molecule has 0 heterocycles. The molecule has 2 aromatic carbocycles. The van der Waals surface area contributed by atoms with Crippen molar-refractivity contribution in [3.8, 4) is 5.75 Å². The maximum atomic E-state index is 12.1. The third-order valence-electron chi connectivity index (χ3n) is 3.96. The average molecular weight is 498 g/mol. The maximum absolute atomic E-state index is 12.1. The largest absolute Gasteiger partial charge is 0.482 e. The standard InChI is InChI=1S/C20H22Br2N2O3/c1-4-13(3)23-20(26)14-5-7-16(8-6-14)24-18(25)11-27-19-12(2)9-15(21)10-17(19)22/h5-10,13H,4,11H2,1-3H3,(H,23,26)(H,24,25). The van der Waals surface area contributed by atoms with Crippen LogP contribution in [0.1, 0.15) is 36.2 Å². The zero-order chi connectivity index (χ0) is 20.0. The van der Waals surface area contributed by atoms with E-state index in [-0.39, 0.29) is 24.5 Å². The van der Waals surface area contributed by atoms with Crippen molar-refractivity contribution < 1.29 is 14.3 Å². The zero-order valence-corrected chi connectivity index (χ0v) is 18.6. The predicted octanol–water partition coefficient (Wildman–Crippen LogP) is 5.07. The summed E-state index contributed by atoms with van der Waals surface area (Å²) in [6.45, 7) is 5.77. The van der Waals surface area contributed by atoms with Gasteiger partial charge < -0.3 is 15.4 Å².